The Kier molecular flexibility index (Phi) is 6.75. The number of fused-ring (bicyclic) bond motifs is 2. The predicted octanol–water partition coefficient (Wildman–Crippen LogP) is 3.96. The summed E-state index contributed by atoms with van der Waals surface area (Å²) < 4.78 is 1.35. The Morgan fingerprint density at radius 3 is 2.44 bits per heavy atom. The van der Waals surface area contributed by atoms with Crippen LogP contribution in [0.2, 0.25) is 0 Å². The first-order chi connectivity index (χ1) is 19.7. The van der Waals surface area contributed by atoms with Gasteiger partial charge in [-0.25, -0.2) is 4.90 Å². The zero-order valence-electron chi connectivity index (χ0n) is 21.4. The molecule has 1 fully saturated rings. The Balaban J connectivity index is 1.38. The van der Waals surface area contributed by atoms with Gasteiger partial charge >= 0.3 is 4.87 Å². The monoisotopic (exact) mass is 587 g/mol. The van der Waals surface area contributed by atoms with Gasteiger partial charge in [0.2, 0.25) is 17.7 Å². The van der Waals surface area contributed by atoms with Crippen molar-refractivity contribution in [3.8, 4) is 0 Å². The van der Waals surface area contributed by atoms with Crippen LogP contribution < -0.4 is 15.1 Å². The van der Waals surface area contributed by atoms with Crippen molar-refractivity contribution in [1.29, 1.82) is 0 Å². The highest BCUT2D eigenvalue weighted by molar-refractivity contribution is 8.00. The molecule has 11 nitrogen and oxygen atoms in total. The molecule has 1 saturated heterocycles. The van der Waals surface area contributed by atoms with Gasteiger partial charge in [-0.1, -0.05) is 46.9 Å². The SMILES string of the molecule is Cc1ccc(NC(=O)Cn2c3c(sc2=O)[C@H](c2cccnc2)C2C(=O)N(c4ccc([N+](=O)[O-])cc4)C(=O)C2S3)cc1. The molecule has 0 bridgehead atoms. The summed E-state index contributed by atoms with van der Waals surface area (Å²) in [6.45, 7) is 1.67. The fraction of sp³-hybridized carbons (Fsp3) is 0.179. The largest absolute Gasteiger partial charge is 0.325 e. The number of imide groups is 1. The Morgan fingerprint density at radius 1 is 1.05 bits per heavy atom. The number of pyridine rings is 1. The molecular weight excluding hydrogens is 566 g/mol. The molecule has 3 amide bonds. The van der Waals surface area contributed by atoms with E-state index in [1.807, 2.05) is 19.1 Å². The van der Waals surface area contributed by atoms with E-state index in [4.69, 9.17) is 0 Å². The number of aryl methyl sites for hydroxylation is 1. The molecule has 0 saturated carbocycles. The predicted molar refractivity (Wildman–Crippen MR) is 153 cm³/mol. The lowest BCUT2D eigenvalue weighted by Gasteiger charge is -2.30. The fourth-order valence-corrected chi connectivity index (χ4v) is 7.91. The summed E-state index contributed by atoms with van der Waals surface area (Å²) in [6, 6.07) is 16.0. The molecule has 13 heteroatoms. The second-order valence-corrected chi connectivity index (χ2v) is 11.8. The number of nitro benzene ring substituents is 1. The molecule has 4 aromatic rings. The maximum atomic E-state index is 13.9. The molecule has 0 aliphatic carbocycles. The highest BCUT2D eigenvalue weighted by Crippen LogP contribution is 2.53. The van der Waals surface area contributed by atoms with Crippen molar-refractivity contribution in [3.63, 3.8) is 0 Å². The molecule has 3 atom stereocenters. The van der Waals surface area contributed by atoms with Crippen molar-refractivity contribution in [3.05, 3.63) is 109 Å². The molecule has 2 unspecified atom stereocenters. The van der Waals surface area contributed by atoms with Gasteiger partial charge in [0.05, 0.1) is 21.6 Å². The molecule has 206 valence electrons. The summed E-state index contributed by atoms with van der Waals surface area (Å²) in [5, 5.41) is 13.5. The van der Waals surface area contributed by atoms with Crippen LogP contribution in [0.4, 0.5) is 17.1 Å². The number of benzene rings is 2. The van der Waals surface area contributed by atoms with Crippen LogP contribution in [-0.2, 0) is 20.9 Å². The molecule has 2 aliphatic rings. The molecule has 6 rings (SSSR count). The Morgan fingerprint density at radius 2 is 1.78 bits per heavy atom. The standard InChI is InChI=1S/C28H21N5O6S2/c1-15-4-6-17(7-5-15)30-20(34)14-31-27-24(41-28(31)37)21(16-3-2-12-29-13-16)22-23(40-27)26(36)32(25(22)35)18-8-10-19(11-9-18)33(38)39/h2-13,21-23H,14H2,1H3,(H,30,34)/t21-,22?,23?/m1/s1. The van der Waals surface area contributed by atoms with Gasteiger partial charge in [0.15, 0.2) is 0 Å². The summed E-state index contributed by atoms with van der Waals surface area (Å²) in [6.07, 6.45) is 3.19. The third-order valence-corrected chi connectivity index (χ3v) is 9.65. The highest BCUT2D eigenvalue weighted by Gasteiger charge is 2.57. The minimum Gasteiger partial charge on any atom is -0.325 e. The van der Waals surface area contributed by atoms with Crippen LogP contribution in [0.1, 0.15) is 21.9 Å². The summed E-state index contributed by atoms with van der Waals surface area (Å²) in [5.74, 6) is -2.85. The minimum atomic E-state index is -0.879. The van der Waals surface area contributed by atoms with Gasteiger partial charge in [0.25, 0.3) is 5.69 Å². The van der Waals surface area contributed by atoms with Crippen molar-refractivity contribution in [2.75, 3.05) is 10.2 Å². The first kappa shape index (κ1) is 26.6. The molecule has 0 radical (unpaired) electrons. The normalized spacial score (nSPS) is 19.5. The number of hydrogen-bond acceptors (Lipinski definition) is 9. The lowest BCUT2D eigenvalue weighted by atomic mass is 9.84. The Bertz CT molecular complexity index is 1750. The number of carbonyl (C=O) groups excluding carboxylic acids is 3. The van der Waals surface area contributed by atoms with Crippen molar-refractivity contribution in [2.45, 2.75) is 29.7 Å². The average molecular weight is 588 g/mol. The quantitative estimate of drug-likeness (QED) is 0.203. The molecular formula is C28H21N5O6S2. The van der Waals surface area contributed by atoms with Gasteiger partial charge in [-0.15, -0.1) is 0 Å². The lowest BCUT2D eigenvalue weighted by molar-refractivity contribution is -0.384. The third-order valence-electron chi connectivity index (χ3n) is 7.05. The smallest absolute Gasteiger partial charge is 0.308 e. The number of amides is 3. The van der Waals surface area contributed by atoms with E-state index in [9.17, 15) is 29.3 Å². The number of nitrogens with zero attached hydrogens (tertiary/aromatic N) is 4. The van der Waals surface area contributed by atoms with Gasteiger partial charge in [-0.3, -0.25) is 38.8 Å². The summed E-state index contributed by atoms with van der Waals surface area (Å²) >= 11 is 2.04. The summed E-state index contributed by atoms with van der Waals surface area (Å²) in [7, 11) is 0. The van der Waals surface area contributed by atoms with Crippen molar-refractivity contribution >= 4 is 57.9 Å². The van der Waals surface area contributed by atoms with E-state index in [2.05, 4.69) is 10.3 Å². The molecule has 2 aromatic heterocycles. The number of thiazole rings is 1. The molecule has 4 heterocycles. The molecule has 2 aromatic carbocycles. The van der Waals surface area contributed by atoms with E-state index in [0.717, 1.165) is 33.6 Å². The first-order valence-electron chi connectivity index (χ1n) is 12.5. The number of carbonyl (C=O) groups is 3. The van der Waals surface area contributed by atoms with E-state index in [1.165, 1.54) is 28.8 Å². The number of thioether (sulfide) groups is 1. The second-order valence-electron chi connectivity index (χ2n) is 9.65. The Labute approximate surface area is 241 Å². The number of anilines is 2. The zero-order valence-corrected chi connectivity index (χ0v) is 23.1. The lowest BCUT2D eigenvalue weighted by Crippen LogP contribution is -2.33. The summed E-state index contributed by atoms with van der Waals surface area (Å²) in [4.78, 5) is 69.8. The van der Waals surface area contributed by atoms with E-state index in [1.54, 1.807) is 36.7 Å². The molecule has 41 heavy (non-hydrogen) atoms. The van der Waals surface area contributed by atoms with Gasteiger partial charge in [0.1, 0.15) is 11.8 Å². The van der Waals surface area contributed by atoms with Crippen LogP contribution in [0.5, 0.6) is 0 Å². The van der Waals surface area contributed by atoms with Crippen LogP contribution >= 0.6 is 23.1 Å². The van der Waals surface area contributed by atoms with Crippen LogP contribution in [0, 0.1) is 23.0 Å². The van der Waals surface area contributed by atoms with E-state index >= 15 is 0 Å². The number of nitrogens with one attached hydrogen (secondary N) is 1. The van der Waals surface area contributed by atoms with Crippen molar-refractivity contribution in [2.24, 2.45) is 5.92 Å². The molecule has 2 aliphatic heterocycles. The van der Waals surface area contributed by atoms with Crippen LogP contribution in [0.3, 0.4) is 0 Å². The van der Waals surface area contributed by atoms with E-state index < -0.39 is 39.7 Å². The van der Waals surface area contributed by atoms with Gasteiger partial charge in [-0.2, -0.15) is 0 Å². The number of rotatable bonds is 6. The van der Waals surface area contributed by atoms with Gasteiger partial charge in [0, 0.05) is 41.0 Å². The first-order valence-corrected chi connectivity index (χ1v) is 14.2. The second kappa shape index (κ2) is 10.4. The summed E-state index contributed by atoms with van der Waals surface area (Å²) in [5.41, 5.74) is 2.35. The van der Waals surface area contributed by atoms with Gasteiger partial charge < -0.3 is 5.32 Å². The molecule has 1 N–H and O–H groups in total. The maximum absolute atomic E-state index is 13.9. The highest BCUT2D eigenvalue weighted by atomic mass is 32.2. The average Bonchev–Trinajstić information content (AvgIpc) is 3.40. The van der Waals surface area contributed by atoms with Crippen LogP contribution in [0.15, 0.2) is 82.9 Å². The van der Waals surface area contributed by atoms with E-state index in [0.29, 0.717) is 21.2 Å². The maximum Gasteiger partial charge on any atom is 0.308 e. The minimum absolute atomic E-state index is 0.164. The molecule has 0 spiro atoms. The zero-order chi connectivity index (χ0) is 28.8. The van der Waals surface area contributed by atoms with Crippen LogP contribution in [0.25, 0.3) is 0 Å². The van der Waals surface area contributed by atoms with Gasteiger partial charge in [-0.05, 0) is 42.8 Å². The third kappa shape index (κ3) is 4.72. The van der Waals surface area contributed by atoms with E-state index in [-0.39, 0.29) is 22.8 Å². The number of hydrogen-bond donors (Lipinski definition) is 1. The fourth-order valence-electron chi connectivity index (χ4n) is 5.13. The number of aromatic nitrogens is 2. The number of nitro groups is 1. The topological polar surface area (TPSA) is 145 Å². The number of non-ortho nitro benzene ring substituents is 1. The Hall–Kier alpha value is -4.62. The van der Waals surface area contributed by atoms with Crippen molar-refractivity contribution < 1.29 is 19.3 Å². The van der Waals surface area contributed by atoms with Crippen molar-refractivity contribution in [1.82, 2.24) is 9.55 Å². The van der Waals surface area contributed by atoms with Crippen LogP contribution in [-0.4, -0.2) is 37.4 Å².